The fourth-order valence-electron chi connectivity index (χ4n) is 4.33. The van der Waals surface area contributed by atoms with Gasteiger partial charge in [0.25, 0.3) is 5.56 Å². The van der Waals surface area contributed by atoms with Gasteiger partial charge in [0.1, 0.15) is 17.5 Å². The molecular weight excluding hydrogens is 392 g/mol. The molecule has 0 amide bonds. The number of anilines is 1. The Kier molecular flexibility index (Phi) is 3.70. The van der Waals surface area contributed by atoms with Gasteiger partial charge in [0.2, 0.25) is 0 Å². The lowest BCUT2D eigenvalue weighted by molar-refractivity contribution is 0.103. The molecule has 6 nitrogen and oxygen atoms in total. The molecule has 30 heavy (non-hydrogen) atoms. The molecule has 0 saturated carbocycles. The standard InChI is InChI=1S/C22H15F2N3O3/c1-26-20-17(21(29)27(2)22(26)30)15(10-7-11(23)9-12(24)8-10)16-18(25-20)13-5-3-4-6-14(13)19(16)28/h3-9,15,25H,1-2H3. The zero-order valence-electron chi connectivity index (χ0n) is 16.0. The maximum atomic E-state index is 14.1. The van der Waals surface area contributed by atoms with Crippen molar-refractivity contribution in [3.05, 3.63) is 103 Å². The maximum Gasteiger partial charge on any atom is 0.332 e. The van der Waals surface area contributed by atoms with E-state index < -0.39 is 28.8 Å². The number of fused-ring (bicyclic) bond motifs is 3. The van der Waals surface area contributed by atoms with E-state index in [1.165, 1.54) is 18.7 Å². The van der Waals surface area contributed by atoms with E-state index in [1.54, 1.807) is 24.3 Å². The van der Waals surface area contributed by atoms with E-state index in [1.807, 2.05) is 0 Å². The lowest BCUT2D eigenvalue weighted by Crippen LogP contribution is -2.42. The molecule has 2 heterocycles. The van der Waals surface area contributed by atoms with Crippen LogP contribution in [-0.2, 0) is 14.1 Å². The largest absolute Gasteiger partial charge is 0.340 e. The summed E-state index contributed by atoms with van der Waals surface area (Å²) in [7, 11) is 2.81. The van der Waals surface area contributed by atoms with Gasteiger partial charge in [-0.1, -0.05) is 24.3 Å². The van der Waals surface area contributed by atoms with Crippen LogP contribution in [0.15, 0.2) is 57.6 Å². The summed E-state index contributed by atoms with van der Waals surface area (Å²) in [6.07, 6.45) is 0. The molecular formula is C22H15F2N3O3. The van der Waals surface area contributed by atoms with Crippen molar-refractivity contribution >= 4 is 17.3 Å². The first-order chi connectivity index (χ1) is 14.3. The van der Waals surface area contributed by atoms with Crippen LogP contribution in [0.5, 0.6) is 0 Å². The third kappa shape index (κ3) is 2.30. The number of carbonyl (C=O) groups is 1. The molecule has 5 rings (SSSR count). The van der Waals surface area contributed by atoms with Crippen molar-refractivity contribution in [1.29, 1.82) is 0 Å². The van der Waals surface area contributed by atoms with Crippen LogP contribution >= 0.6 is 0 Å². The second kappa shape index (κ2) is 6.09. The first-order valence-electron chi connectivity index (χ1n) is 9.20. The molecule has 0 spiro atoms. The zero-order chi connectivity index (χ0) is 21.3. The minimum Gasteiger partial charge on any atom is -0.340 e. The number of ketones is 1. The minimum absolute atomic E-state index is 0.0875. The maximum absolute atomic E-state index is 14.1. The van der Waals surface area contributed by atoms with E-state index in [0.29, 0.717) is 16.8 Å². The molecule has 0 saturated heterocycles. The van der Waals surface area contributed by atoms with E-state index in [0.717, 1.165) is 22.8 Å². The average molecular weight is 407 g/mol. The number of Topliss-reactive ketones (excluding diaryl/α,β-unsaturated/α-hetero) is 1. The molecule has 3 aromatic rings. The molecule has 2 aromatic carbocycles. The summed E-state index contributed by atoms with van der Waals surface area (Å²) >= 11 is 0. The number of hydrogen-bond acceptors (Lipinski definition) is 4. The number of nitrogens with one attached hydrogen (secondary N) is 1. The van der Waals surface area contributed by atoms with Crippen LogP contribution in [-0.4, -0.2) is 14.9 Å². The monoisotopic (exact) mass is 407 g/mol. The SMILES string of the molecule is Cn1c2c(c(=O)n(C)c1=O)C(c1cc(F)cc(F)c1)C1=C(N2)c2ccccc2C1=O. The fraction of sp³-hybridized carbons (Fsp3) is 0.136. The summed E-state index contributed by atoms with van der Waals surface area (Å²) in [5, 5.41) is 3.07. The third-order valence-electron chi connectivity index (χ3n) is 5.69. The Bertz CT molecular complexity index is 1410. The normalized spacial score (nSPS) is 16.8. The summed E-state index contributed by atoms with van der Waals surface area (Å²) in [4.78, 5) is 38.9. The highest BCUT2D eigenvalue weighted by Gasteiger charge is 2.42. The van der Waals surface area contributed by atoms with Crippen LogP contribution in [0.25, 0.3) is 5.70 Å². The topological polar surface area (TPSA) is 73.1 Å². The van der Waals surface area contributed by atoms with Gasteiger partial charge in [0, 0.05) is 42.8 Å². The van der Waals surface area contributed by atoms with E-state index in [2.05, 4.69) is 5.32 Å². The molecule has 2 aliphatic rings. The Hall–Kier alpha value is -3.81. The lowest BCUT2D eigenvalue weighted by Gasteiger charge is -2.29. The van der Waals surface area contributed by atoms with Crippen molar-refractivity contribution < 1.29 is 13.6 Å². The van der Waals surface area contributed by atoms with Crippen molar-refractivity contribution in [2.45, 2.75) is 5.92 Å². The molecule has 0 radical (unpaired) electrons. The van der Waals surface area contributed by atoms with Gasteiger partial charge in [0.05, 0.1) is 11.3 Å². The molecule has 1 N–H and O–H groups in total. The van der Waals surface area contributed by atoms with Crippen LogP contribution in [0.3, 0.4) is 0 Å². The van der Waals surface area contributed by atoms with Gasteiger partial charge in [-0.2, -0.15) is 0 Å². The fourth-order valence-corrected chi connectivity index (χ4v) is 4.33. The average Bonchev–Trinajstić information content (AvgIpc) is 3.01. The van der Waals surface area contributed by atoms with Crippen LogP contribution in [0.4, 0.5) is 14.6 Å². The number of allylic oxidation sites excluding steroid dienone is 1. The predicted molar refractivity (Wildman–Crippen MR) is 106 cm³/mol. The summed E-state index contributed by atoms with van der Waals surface area (Å²) in [6.45, 7) is 0. The predicted octanol–water partition coefficient (Wildman–Crippen LogP) is 2.53. The van der Waals surface area contributed by atoms with Gasteiger partial charge < -0.3 is 5.32 Å². The summed E-state index contributed by atoms with van der Waals surface area (Å²) in [5.41, 5.74) is 0.710. The molecule has 150 valence electrons. The Morgan fingerprint density at radius 2 is 1.53 bits per heavy atom. The summed E-state index contributed by atoms with van der Waals surface area (Å²) in [5.74, 6) is -2.81. The number of carbonyl (C=O) groups excluding carboxylic acids is 1. The van der Waals surface area contributed by atoms with Gasteiger partial charge in [-0.3, -0.25) is 18.7 Å². The van der Waals surface area contributed by atoms with E-state index >= 15 is 0 Å². The van der Waals surface area contributed by atoms with Gasteiger partial charge in [-0.25, -0.2) is 13.6 Å². The quantitative estimate of drug-likeness (QED) is 0.673. The van der Waals surface area contributed by atoms with Crippen LogP contribution in [0.2, 0.25) is 0 Å². The minimum atomic E-state index is -1.04. The zero-order valence-corrected chi connectivity index (χ0v) is 16.0. The second-order valence-electron chi connectivity index (χ2n) is 7.39. The second-order valence-corrected chi connectivity index (χ2v) is 7.39. The van der Waals surface area contributed by atoms with Crippen molar-refractivity contribution in [3.63, 3.8) is 0 Å². The Balaban J connectivity index is 1.91. The highest BCUT2D eigenvalue weighted by molar-refractivity contribution is 6.23. The van der Waals surface area contributed by atoms with Crippen molar-refractivity contribution in [2.24, 2.45) is 14.1 Å². The van der Waals surface area contributed by atoms with E-state index in [9.17, 15) is 23.2 Å². The smallest absolute Gasteiger partial charge is 0.332 e. The molecule has 8 heteroatoms. The Labute approximate surface area is 168 Å². The first-order valence-corrected chi connectivity index (χ1v) is 9.20. The summed E-state index contributed by atoms with van der Waals surface area (Å²) in [6, 6.07) is 9.82. The number of benzene rings is 2. The van der Waals surface area contributed by atoms with Crippen molar-refractivity contribution in [3.8, 4) is 0 Å². The molecule has 0 bridgehead atoms. The number of nitrogens with zero attached hydrogens (tertiary/aromatic N) is 2. The number of hydrogen-bond donors (Lipinski definition) is 1. The molecule has 1 aliphatic carbocycles. The Morgan fingerprint density at radius 3 is 2.20 bits per heavy atom. The van der Waals surface area contributed by atoms with Crippen LogP contribution in [0.1, 0.15) is 33.0 Å². The summed E-state index contributed by atoms with van der Waals surface area (Å²) < 4.78 is 30.4. The van der Waals surface area contributed by atoms with Gasteiger partial charge in [-0.15, -0.1) is 0 Å². The van der Waals surface area contributed by atoms with Crippen molar-refractivity contribution in [1.82, 2.24) is 9.13 Å². The van der Waals surface area contributed by atoms with Crippen molar-refractivity contribution in [2.75, 3.05) is 5.32 Å². The first kappa shape index (κ1) is 18.2. The van der Waals surface area contributed by atoms with E-state index in [4.69, 9.17) is 0 Å². The van der Waals surface area contributed by atoms with E-state index in [-0.39, 0.29) is 28.3 Å². The Morgan fingerprint density at radius 1 is 0.900 bits per heavy atom. The van der Waals surface area contributed by atoms with Gasteiger partial charge in [0.15, 0.2) is 5.78 Å². The van der Waals surface area contributed by atoms with Crippen LogP contribution in [0, 0.1) is 11.6 Å². The van der Waals surface area contributed by atoms with Gasteiger partial charge in [-0.05, 0) is 17.7 Å². The van der Waals surface area contributed by atoms with Crippen LogP contribution < -0.4 is 16.6 Å². The highest BCUT2D eigenvalue weighted by Crippen LogP contribution is 2.47. The lowest BCUT2D eigenvalue weighted by atomic mass is 9.81. The molecule has 1 atom stereocenters. The molecule has 1 aromatic heterocycles. The molecule has 1 unspecified atom stereocenters. The highest BCUT2D eigenvalue weighted by atomic mass is 19.1. The molecule has 1 aliphatic heterocycles. The number of halogens is 2. The third-order valence-corrected chi connectivity index (χ3v) is 5.69. The molecule has 0 fully saturated rings. The van der Waals surface area contributed by atoms with Gasteiger partial charge >= 0.3 is 5.69 Å². The number of aromatic nitrogens is 2. The number of rotatable bonds is 1.